The van der Waals surface area contributed by atoms with Crippen LogP contribution in [-0.2, 0) is 12.0 Å². The molecule has 1 atom stereocenters. The Morgan fingerprint density at radius 3 is 2.79 bits per heavy atom. The molecule has 1 N–H and O–H groups in total. The quantitative estimate of drug-likeness (QED) is 0.923. The van der Waals surface area contributed by atoms with E-state index in [2.05, 4.69) is 50.2 Å². The Labute approximate surface area is 121 Å². The minimum atomic E-state index is 0.162. The van der Waals surface area contributed by atoms with Crippen molar-refractivity contribution in [2.75, 3.05) is 19.6 Å². The van der Waals surface area contributed by atoms with E-state index in [1.54, 1.807) is 0 Å². The van der Waals surface area contributed by atoms with Crippen LogP contribution in [0.25, 0.3) is 0 Å². The molecule has 4 heteroatoms. The predicted molar refractivity (Wildman–Crippen MR) is 82.7 cm³/mol. The van der Waals surface area contributed by atoms with E-state index < -0.39 is 0 Å². The number of thiazole rings is 1. The van der Waals surface area contributed by atoms with Crippen LogP contribution in [0.1, 0.15) is 45.3 Å². The van der Waals surface area contributed by atoms with Gasteiger partial charge in [-0.15, -0.1) is 11.3 Å². The highest BCUT2D eigenvalue weighted by Crippen LogP contribution is 2.25. The third-order valence-corrected chi connectivity index (χ3v) is 4.66. The summed E-state index contributed by atoms with van der Waals surface area (Å²) in [5, 5.41) is 6.99. The second-order valence-corrected chi connectivity index (χ2v) is 7.81. The first-order valence-corrected chi connectivity index (χ1v) is 8.15. The van der Waals surface area contributed by atoms with Crippen molar-refractivity contribution in [3.8, 4) is 0 Å². The largest absolute Gasteiger partial charge is 0.314 e. The zero-order chi connectivity index (χ0) is 14.0. The second-order valence-electron chi connectivity index (χ2n) is 6.86. The summed E-state index contributed by atoms with van der Waals surface area (Å²) in [6, 6.07) is 0.635. The molecule has 2 heterocycles. The molecule has 1 fully saturated rings. The van der Waals surface area contributed by atoms with Crippen LogP contribution in [0.4, 0.5) is 0 Å². The summed E-state index contributed by atoms with van der Waals surface area (Å²) < 4.78 is 0. The molecule has 2 rings (SSSR count). The van der Waals surface area contributed by atoms with E-state index in [-0.39, 0.29) is 5.41 Å². The van der Waals surface area contributed by atoms with Crippen molar-refractivity contribution >= 4 is 11.3 Å². The normalized spacial score (nSPS) is 22.1. The lowest BCUT2D eigenvalue weighted by molar-refractivity contribution is 0.117. The van der Waals surface area contributed by atoms with Gasteiger partial charge in [-0.1, -0.05) is 34.6 Å². The molecule has 0 spiro atoms. The van der Waals surface area contributed by atoms with E-state index in [0.717, 1.165) is 26.2 Å². The van der Waals surface area contributed by atoms with Gasteiger partial charge in [0.05, 0.1) is 12.2 Å². The Kier molecular flexibility index (Phi) is 4.64. The van der Waals surface area contributed by atoms with Gasteiger partial charge in [-0.05, 0) is 5.92 Å². The predicted octanol–water partition coefficient (Wildman–Crippen LogP) is 2.87. The van der Waals surface area contributed by atoms with Gasteiger partial charge in [-0.3, -0.25) is 4.90 Å². The molecule has 0 amide bonds. The van der Waals surface area contributed by atoms with Crippen LogP contribution >= 0.6 is 11.3 Å². The molecule has 0 radical (unpaired) electrons. The molecule has 0 saturated carbocycles. The van der Waals surface area contributed by atoms with Crippen molar-refractivity contribution in [2.24, 2.45) is 5.92 Å². The van der Waals surface area contributed by atoms with Crippen LogP contribution in [0, 0.1) is 5.92 Å². The Bertz CT molecular complexity index is 406. The zero-order valence-electron chi connectivity index (χ0n) is 12.9. The summed E-state index contributed by atoms with van der Waals surface area (Å²) in [5.74, 6) is 0.690. The molecule has 3 nitrogen and oxygen atoms in total. The first-order valence-electron chi connectivity index (χ1n) is 7.27. The lowest BCUT2D eigenvalue weighted by Crippen LogP contribution is -2.52. The molecule has 1 aromatic heterocycles. The highest BCUT2D eigenvalue weighted by molar-refractivity contribution is 7.09. The highest BCUT2D eigenvalue weighted by Gasteiger charge is 2.26. The number of rotatable bonds is 3. The van der Waals surface area contributed by atoms with Crippen LogP contribution in [0.15, 0.2) is 5.38 Å². The molecule has 1 aromatic rings. The topological polar surface area (TPSA) is 28.2 Å². The molecule has 0 bridgehead atoms. The molecule has 1 aliphatic rings. The monoisotopic (exact) mass is 281 g/mol. The van der Waals surface area contributed by atoms with E-state index in [4.69, 9.17) is 4.98 Å². The van der Waals surface area contributed by atoms with Crippen molar-refractivity contribution in [2.45, 2.75) is 52.6 Å². The maximum Gasteiger partial charge on any atom is 0.107 e. The fourth-order valence-corrected chi connectivity index (χ4v) is 3.57. The smallest absolute Gasteiger partial charge is 0.107 e. The van der Waals surface area contributed by atoms with Crippen LogP contribution in [0.3, 0.4) is 0 Å². The Morgan fingerprint density at radius 2 is 2.21 bits per heavy atom. The van der Waals surface area contributed by atoms with Gasteiger partial charge in [0, 0.05) is 36.5 Å². The molecule has 0 aromatic carbocycles. The second kappa shape index (κ2) is 5.90. The molecular weight excluding hydrogens is 254 g/mol. The summed E-state index contributed by atoms with van der Waals surface area (Å²) >= 11 is 1.81. The van der Waals surface area contributed by atoms with Crippen LogP contribution in [0.2, 0.25) is 0 Å². The number of hydrogen-bond acceptors (Lipinski definition) is 4. The molecular formula is C15H27N3S. The number of aromatic nitrogens is 1. The first kappa shape index (κ1) is 14.9. The van der Waals surface area contributed by atoms with Crippen LogP contribution in [-0.4, -0.2) is 35.6 Å². The number of nitrogens with one attached hydrogen (secondary N) is 1. The molecule has 0 aliphatic carbocycles. The fourth-order valence-electron chi connectivity index (χ4n) is 2.52. The first-order chi connectivity index (χ1) is 8.88. The summed E-state index contributed by atoms with van der Waals surface area (Å²) in [4.78, 5) is 7.42. The van der Waals surface area contributed by atoms with Crippen molar-refractivity contribution in [1.82, 2.24) is 15.2 Å². The lowest BCUT2D eigenvalue weighted by atomic mass is 9.93. The van der Waals surface area contributed by atoms with Gasteiger partial charge in [-0.2, -0.15) is 0 Å². The minimum Gasteiger partial charge on any atom is -0.314 e. The number of piperazine rings is 1. The standard InChI is InChI=1S/C15H27N3S/c1-11(2)12-8-16-6-7-18(12)9-14-17-13(10-19-14)15(3,4)5/h10-12,16H,6-9H2,1-5H3. The summed E-state index contributed by atoms with van der Waals surface area (Å²) in [7, 11) is 0. The van der Waals surface area contributed by atoms with Gasteiger partial charge in [-0.25, -0.2) is 4.98 Å². The maximum atomic E-state index is 4.83. The average Bonchev–Trinajstić information content (AvgIpc) is 2.77. The summed E-state index contributed by atoms with van der Waals surface area (Å²) in [5.41, 5.74) is 1.39. The Morgan fingerprint density at radius 1 is 1.47 bits per heavy atom. The zero-order valence-corrected chi connectivity index (χ0v) is 13.7. The van der Waals surface area contributed by atoms with Crippen LogP contribution in [0.5, 0.6) is 0 Å². The lowest BCUT2D eigenvalue weighted by Gasteiger charge is -2.38. The minimum absolute atomic E-state index is 0.162. The van der Waals surface area contributed by atoms with Crippen LogP contribution < -0.4 is 5.32 Å². The molecule has 1 unspecified atom stereocenters. The Hall–Kier alpha value is -0.450. The van der Waals surface area contributed by atoms with Gasteiger partial charge in [0.1, 0.15) is 5.01 Å². The maximum absolute atomic E-state index is 4.83. The third-order valence-electron chi connectivity index (χ3n) is 3.83. The van der Waals surface area contributed by atoms with Crippen molar-refractivity contribution < 1.29 is 0 Å². The summed E-state index contributed by atoms with van der Waals surface area (Å²) in [6.07, 6.45) is 0. The van der Waals surface area contributed by atoms with Gasteiger partial charge in [0.15, 0.2) is 0 Å². The summed E-state index contributed by atoms with van der Waals surface area (Å²) in [6.45, 7) is 15.7. The van der Waals surface area contributed by atoms with E-state index in [1.165, 1.54) is 10.7 Å². The van der Waals surface area contributed by atoms with E-state index in [9.17, 15) is 0 Å². The number of hydrogen-bond donors (Lipinski definition) is 1. The average molecular weight is 281 g/mol. The van der Waals surface area contributed by atoms with Gasteiger partial charge in [0.2, 0.25) is 0 Å². The van der Waals surface area contributed by atoms with Gasteiger partial charge >= 0.3 is 0 Å². The number of nitrogens with zero attached hydrogens (tertiary/aromatic N) is 2. The van der Waals surface area contributed by atoms with E-state index in [0.29, 0.717) is 12.0 Å². The van der Waals surface area contributed by atoms with E-state index >= 15 is 0 Å². The van der Waals surface area contributed by atoms with E-state index in [1.807, 2.05) is 11.3 Å². The molecule has 19 heavy (non-hydrogen) atoms. The molecule has 108 valence electrons. The fraction of sp³-hybridized carbons (Fsp3) is 0.800. The SMILES string of the molecule is CC(C)C1CNCCN1Cc1nc(C(C)(C)C)cs1. The third kappa shape index (κ3) is 3.77. The highest BCUT2D eigenvalue weighted by atomic mass is 32.1. The molecule has 1 saturated heterocycles. The van der Waals surface area contributed by atoms with Crippen molar-refractivity contribution in [1.29, 1.82) is 0 Å². The molecule has 1 aliphatic heterocycles. The Balaban J connectivity index is 2.05. The van der Waals surface area contributed by atoms with Gasteiger partial charge in [0.25, 0.3) is 0 Å². The van der Waals surface area contributed by atoms with Crippen molar-refractivity contribution in [3.05, 3.63) is 16.1 Å². The van der Waals surface area contributed by atoms with Gasteiger partial charge < -0.3 is 5.32 Å². The van der Waals surface area contributed by atoms with Crippen molar-refractivity contribution in [3.63, 3.8) is 0 Å².